The van der Waals surface area contributed by atoms with Crippen LogP contribution >= 0.6 is 0 Å². The molecular weight excluding hydrogens is 212 g/mol. The predicted octanol–water partition coefficient (Wildman–Crippen LogP) is 2.71. The van der Waals surface area contributed by atoms with Crippen LogP contribution in [-0.4, -0.2) is 18.0 Å². The Kier molecular flexibility index (Phi) is 5.01. The Labute approximate surface area is 104 Å². The van der Waals surface area contributed by atoms with E-state index in [1.807, 2.05) is 45.0 Å². The molecule has 3 heteroatoms. The van der Waals surface area contributed by atoms with Crippen LogP contribution in [0.1, 0.15) is 32.8 Å². The highest BCUT2D eigenvalue weighted by molar-refractivity contribution is 5.84. The molecule has 0 spiro atoms. The first-order valence-electron chi connectivity index (χ1n) is 6.16. The number of benzene rings is 1. The van der Waals surface area contributed by atoms with Crippen LogP contribution in [0, 0.1) is 6.92 Å². The average Bonchev–Trinajstić information content (AvgIpc) is 2.28. The van der Waals surface area contributed by atoms with E-state index in [1.165, 1.54) is 5.56 Å². The second-order valence-electron chi connectivity index (χ2n) is 4.55. The van der Waals surface area contributed by atoms with Crippen molar-refractivity contribution >= 4 is 11.6 Å². The van der Waals surface area contributed by atoms with E-state index in [4.69, 9.17) is 0 Å². The summed E-state index contributed by atoms with van der Waals surface area (Å²) in [7, 11) is 0. The van der Waals surface area contributed by atoms with Crippen LogP contribution in [0.15, 0.2) is 24.3 Å². The van der Waals surface area contributed by atoms with Crippen molar-refractivity contribution in [3.8, 4) is 0 Å². The van der Waals surface area contributed by atoms with Gasteiger partial charge in [0.2, 0.25) is 5.91 Å². The topological polar surface area (TPSA) is 41.1 Å². The number of aryl methyl sites for hydroxylation is 1. The highest BCUT2D eigenvalue weighted by atomic mass is 16.2. The standard InChI is InChI=1S/C14H22N2O/c1-5-11(3)15-14(17)12(4)16-13-8-6-7-10(2)9-13/h6-9,11-12,16H,5H2,1-4H3,(H,15,17). The maximum Gasteiger partial charge on any atom is 0.242 e. The van der Waals surface area contributed by atoms with Crippen LogP contribution < -0.4 is 10.6 Å². The van der Waals surface area contributed by atoms with Crippen molar-refractivity contribution in [3.63, 3.8) is 0 Å². The number of nitrogens with one attached hydrogen (secondary N) is 2. The van der Waals surface area contributed by atoms with Crippen molar-refractivity contribution in [1.29, 1.82) is 0 Å². The molecule has 0 saturated carbocycles. The summed E-state index contributed by atoms with van der Waals surface area (Å²) >= 11 is 0. The summed E-state index contributed by atoms with van der Waals surface area (Å²) in [6.45, 7) is 7.98. The lowest BCUT2D eigenvalue weighted by Crippen LogP contribution is -2.41. The van der Waals surface area contributed by atoms with Crippen molar-refractivity contribution in [2.24, 2.45) is 0 Å². The fourth-order valence-electron chi connectivity index (χ4n) is 1.52. The molecule has 0 heterocycles. The second kappa shape index (κ2) is 6.28. The molecule has 0 fully saturated rings. The lowest BCUT2D eigenvalue weighted by molar-refractivity contribution is -0.122. The molecule has 1 aromatic carbocycles. The zero-order valence-corrected chi connectivity index (χ0v) is 11.1. The molecule has 94 valence electrons. The van der Waals surface area contributed by atoms with Crippen molar-refractivity contribution in [1.82, 2.24) is 5.32 Å². The van der Waals surface area contributed by atoms with Gasteiger partial charge in [-0.15, -0.1) is 0 Å². The van der Waals surface area contributed by atoms with Gasteiger partial charge in [-0.3, -0.25) is 4.79 Å². The molecule has 0 aliphatic heterocycles. The number of rotatable bonds is 5. The summed E-state index contributed by atoms with van der Waals surface area (Å²) in [5, 5.41) is 6.16. The Morgan fingerprint density at radius 1 is 1.35 bits per heavy atom. The Morgan fingerprint density at radius 2 is 2.06 bits per heavy atom. The highest BCUT2D eigenvalue weighted by Crippen LogP contribution is 2.10. The molecule has 2 atom stereocenters. The first-order chi connectivity index (χ1) is 8.02. The zero-order valence-electron chi connectivity index (χ0n) is 11.1. The molecule has 1 aromatic rings. The fraction of sp³-hybridized carbons (Fsp3) is 0.500. The van der Waals surface area contributed by atoms with E-state index in [9.17, 15) is 4.79 Å². The van der Waals surface area contributed by atoms with Gasteiger partial charge in [-0.05, 0) is 44.9 Å². The minimum Gasteiger partial charge on any atom is -0.374 e. The predicted molar refractivity (Wildman–Crippen MR) is 72.2 cm³/mol. The van der Waals surface area contributed by atoms with Crippen LogP contribution in [-0.2, 0) is 4.79 Å². The van der Waals surface area contributed by atoms with Gasteiger partial charge < -0.3 is 10.6 Å². The summed E-state index contributed by atoms with van der Waals surface area (Å²) in [6.07, 6.45) is 0.947. The maximum atomic E-state index is 11.8. The van der Waals surface area contributed by atoms with E-state index in [1.54, 1.807) is 0 Å². The SMILES string of the molecule is CCC(C)NC(=O)C(C)Nc1cccc(C)c1. The normalized spacial score (nSPS) is 13.9. The molecule has 0 saturated heterocycles. The minimum absolute atomic E-state index is 0.0425. The lowest BCUT2D eigenvalue weighted by Gasteiger charge is -2.18. The minimum atomic E-state index is -0.217. The Bertz CT molecular complexity index is 376. The molecule has 2 N–H and O–H groups in total. The highest BCUT2D eigenvalue weighted by Gasteiger charge is 2.13. The average molecular weight is 234 g/mol. The van der Waals surface area contributed by atoms with Gasteiger partial charge in [0.1, 0.15) is 6.04 Å². The zero-order chi connectivity index (χ0) is 12.8. The van der Waals surface area contributed by atoms with Crippen LogP contribution in [0.25, 0.3) is 0 Å². The third kappa shape index (κ3) is 4.47. The molecule has 0 radical (unpaired) electrons. The van der Waals surface area contributed by atoms with E-state index in [2.05, 4.69) is 17.6 Å². The van der Waals surface area contributed by atoms with E-state index in [0.717, 1.165) is 12.1 Å². The smallest absolute Gasteiger partial charge is 0.242 e. The third-order valence-electron chi connectivity index (χ3n) is 2.80. The number of amides is 1. The monoisotopic (exact) mass is 234 g/mol. The van der Waals surface area contributed by atoms with E-state index in [-0.39, 0.29) is 18.0 Å². The molecule has 0 aliphatic carbocycles. The second-order valence-corrected chi connectivity index (χ2v) is 4.55. The lowest BCUT2D eigenvalue weighted by atomic mass is 10.2. The van der Waals surface area contributed by atoms with Gasteiger partial charge in [0.15, 0.2) is 0 Å². The van der Waals surface area contributed by atoms with E-state index >= 15 is 0 Å². The maximum absolute atomic E-state index is 11.8. The third-order valence-corrected chi connectivity index (χ3v) is 2.80. The number of hydrogen-bond acceptors (Lipinski definition) is 2. The van der Waals surface area contributed by atoms with Gasteiger partial charge in [-0.1, -0.05) is 19.1 Å². The van der Waals surface area contributed by atoms with E-state index in [0.29, 0.717) is 0 Å². The van der Waals surface area contributed by atoms with Gasteiger partial charge in [-0.2, -0.15) is 0 Å². The molecule has 0 aromatic heterocycles. The molecule has 1 rings (SSSR count). The largest absolute Gasteiger partial charge is 0.374 e. The molecule has 2 unspecified atom stereocenters. The Hall–Kier alpha value is -1.51. The van der Waals surface area contributed by atoms with Gasteiger partial charge in [0, 0.05) is 11.7 Å². The number of anilines is 1. The van der Waals surface area contributed by atoms with Crippen molar-refractivity contribution in [3.05, 3.63) is 29.8 Å². The molecule has 0 aliphatic rings. The molecule has 1 amide bonds. The summed E-state index contributed by atoms with van der Waals surface area (Å²) in [5.41, 5.74) is 2.17. The Balaban J connectivity index is 2.54. The molecule has 3 nitrogen and oxygen atoms in total. The first kappa shape index (κ1) is 13.6. The van der Waals surface area contributed by atoms with Crippen LogP contribution in [0.4, 0.5) is 5.69 Å². The number of hydrogen-bond donors (Lipinski definition) is 2. The van der Waals surface area contributed by atoms with Gasteiger partial charge in [0.25, 0.3) is 0 Å². The van der Waals surface area contributed by atoms with Gasteiger partial charge in [0.05, 0.1) is 0 Å². The van der Waals surface area contributed by atoms with Crippen molar-refractivity contribution < 1.29 is 4.79 Å². The van der Waals surface area contributed by atoms with Crippen molar-refractivity contribution in [2.45, 2.75) is 46.2 Å². The fourth-order valence-corrected chi connectivity index (χ4v) is 1.52. The van der Waals surface area contributed by atoms with Crippen molar-refractivity contribution in [2.75, 3.05) is 5.32 Å². The quantitative estimate of drug-likeness (QED) is 0.822. The molecule has 0 bridgehead atoms. The van der Waals surface area contributed by atoms with Crippen LogP contribution in [0.3, 0.4) is 0 Å². The van der Waals surface area contributed by atoms with Gasteiger partial charge in [-0.25, -0.2) is 0 Å². The molecule has 17 heavy (non-hydrogen) atoms. The molecular formula is C14H22N2O. The number of carbonyl (C=O) groups excluding carboxylic acids is 1. The van der Waals surface area contributed by atoms with Crippen LogP contribution in [0.5, 0.6) is 0 Å². The van der Waals surface area contributed by atoms with Gasteiger partial charge >= 0.3 is 0 Å². The summed E-state index contributed by atoms with van der Waals surface area (Å²) in [6, 6.07) is 8.04. The van der Waals surface area contributed by atoms with E-state index < -0.39 is 0 Å². The summed E-state index contributed by atoms with van der Waals surface area (Å²) < 4.78 is 0. The summed E-state index contributed by atoms with van der Waals surface area (Å²) in [5.74, 6) is 0.0425. The number of carbonyl (C=O) groups is 1. The van der Waals surface area contributed by atoms with Crippen LogP contribution in [0.2, 0.25) is 0 Å². The summed E-state index contributed by atoms with van der Waals surface area (Å²) in [4.78, 5) is 11.8. The Morgan fingerprint density at radius 3 is 2.65 bits per heavy atom. The first-order valence-corrected chi connectivity index (χ1v) is 6.16.